The smallest absolute Gasteiger partial charge is 0.150 e. The van der Waals surface area contributed by atoms with Gasteiger partial charge in [0.25, 0.3) is 0 Å². The Morgan fingerprint density at radius 3 is 2.12 bits per heavy atom. The maximum absolute atomic E-state index is 11.1. The first-order chi connectivity index (χ1) is 8.24. The zero-order valence-electron chi connectivity index (χ0n) is 10.2. The Labute approximate surface area is 102 Å². The highest BCUT2D eigenvalue weighted by atomic mass is 16.1. The van der Waals surface area contributed by atoms with Crippen LogP contribution in [0, 0.1) is 0 Å². The van der Waals surface area contributed by atoms with Gasteiger partial charge in [-0.1, -0.05) is 62.4 Å². The molecule has 0 aliphatic rings. The molecule has 1 heteroatoms. The molecule has 1 nitrogen and oxygen atoms in total. The van der Waals surface area contributed by atoms with Gasteiger partial charge in [-0.15, -0.1) is 0 Å². The van der Waals surface area contributed by atoms with Crippen molar-refractivity contribution in [1.82, 2.24) is 0 Å². The highest BCUT2D eigenvalue weighted by Crippen LogP contribution is 2.30. The van der Waals surface area contributed by atoms with Crippen molar-refractivity contribution in [2.24, 2.45) is 0 Å². The van der Waals surface area contributed by atoms with Gasteiger partial charge in [-0.2, -0.15) is 0 Å². The monoisotopic (exact) mass is 224 g/mol. The summed E-state index contributed by atoms with van der Waals surface area (Å²) in [6, 6.07) is 16.0. The summed E-state index contributed by atoms with van der Waals surface area (Å²) in [6.07, 6.45) is 0.923. The molecule has 0 aliphatic heterocycles. The summed E-state index contributed by atoms with van der Waals surface area (Å²) in [7, 11) is 0. The molecule has 0 aromatic heterocycles. The van der Waals surface area contributed by atoms with E-state index in [0.717, 1.165) is 23.0 Å². The van der Waals surface area contributed by atoms with Crippen LogP contribution < -0.4 is 0 Å². The lowest BCUT2D eigenvalue weighted by Crippen LogP contribution is -1.94. The number of hydrogen-bond donors (Lipinski definition) is 0. The maximum atomic E-state index is 11.1. The van der Waals surface area contributed by atoms with E-state index in [1.54, 1.807) is 0 Å². The first kappa shape index (κ1) is 11.6. The molecule has 0 radical (unpaired) electrons. The van der Waals surface area contributed by atoms with Crippen LogP contribution in [-0.2, 0) is 0 Å². The van der Waals surface area contributed by atoms with Crippen LogP contribution in [0.5, 0.6) is 0 Å². The van der Waals surface area contributed by atoms with Gasteiger partial charge < -0.3 is 0 Å². The molecule has 0 amide bonds. The van der Waals surface area contributed by atoms with Crippen LogP contribution in [0.2, 0.25) is 0 Å². The minimum absolute atomic E-state index is 0.450. The lowest BCUT2D eigenvalue weighted by Gasteiger charge is -2.13. The number of benzene rings is 2. The van der Waals surface area contributed by atoms with E-state index in [4.69, 9.17) is 0 Å². The van der Waals surface area contributed by atoms with E-state index in [1.807, 2.05) is 36.4 Å². The predicted octanol–water partition coefficient (Wildman–Crippen LogP) is 4.29. The minimum atomic E-state index is 0.450. The van der Waals surface area contributed by atoms with Gasteiger partial charge in [0, 0.05) is 5.56 Å². The molecule has 0 fully saturated rings. The van der Waals surface area contributed by atoms with Gasteiger partial charge in [0.15, 0.2) is 6.29 Å². The molecular weight excluding hydrogens is 208 g/mol. The summed E-state index contributed by atoms with van der Waals surface area (Å²) in [4.78, 5) is 11.1. The zero-order valence-corrected chi connectivity index (χ0v) is 10.2. The molecule has 0 saturated carbocycles. The molecule has 0 N–H and O–H groups in total. The fourth-order valence-corrected chi connectivity index (χ4v) is 2.09. The van der Waals surface area contributed by atoms with Crippen molar-refractivity contribution in [3.8, 4) is 11.1 Å². The van der Waals surface area contributed by atoms with Gasteiger partial charge in [-0.3, -0.25) is 4.79 Å². The van der Waals surface area contributed by atoms with E-state index in [2.05, 4.69) is 26.0 Å². The molecule has 86 valence electrons. The average Bonchev–Trinajstić information content (AvgIpc) is 2.38. The first-order valence-electron chi connectivity index (χ1n) is 5.87. The number of carbonyl (C=O) groups excluding carboxylic acids is 1. The Balaban J connectivity index is 2.64. The van der Waals surface area contributed by atoms with E-state index in [0.29, 0.717) is 5.92 Å². The van der Waals surface area contributed by atoms with Crippen molar-refractivity contribution >= 4 is 6.29 Å². The fraction of sp³-hybridized carbons (Fsp3) is 0.188. The lowest BCUT2D eigenvalue weighted by atomic mass is 9.90. The molecule has 0 heterocycles. The van der Waals surface area contributed by atoms with Crippen LogP contribution in [0.4, 0.5) is 0 Å². The molecule has 0 atom stereocenters. The average molecular weight is 224 g/mol. The van der Waals surface area contributed by atoms with Crippen LogP contribution in [0.3, 0.4) is 0 Å². The van der Waals surface area contributed by atoms with Gasteiger partial charge in [0.2, 0.25) is 0 Å². The number of rotatable bonds is 3. The Kier molecular flexibility index (Phi) is 3.38. The Morgan fingerprint density at radius 2 is 1.47 bits per heavy atom. The minimum Gasteiger partial charge on any atom is -0.298 e. The molecule has 0 spiro atoms. The summed E-state index contributed by atoms with van der Waals surface area (Å²) in [5.41, 5.74) is 4.21. The summed E-state index contributed by atoms with van der Waals surface area (Å²) in [6.45, 7) is 4.34. The van der Waals surface area contributed by atoms with Crippen molar-refractivity contribution < 1.29 is 4.79 Å². The van der Waals surface area contributed by atoms with E-state index < -0.39 is 0 Å². The zero-order chi connectivity index (χ0) is 12.3. The molecule has 0 aliphatic carbocycles. The third-order valence-electron chi connectivity index (χ3n) is 2.96. The SMILES string of the molecule is CC(C)c1ccccc1-c1ccccc1C=O. The Hall–Kier alpha value is -1.89. The predicted molar refractivity (Wildman–Crippen MR) is 71.4 cm³/mol. The summed E-state index contributed by atoms with van der Waals surface area (Å²) in [5.74, 6) is 0.450. The normalized spacial score (nSPS) is 10.5. The van der Waals surface area contributed by atoms with Gasteiger partial charge in [0.1, 0.15) is 0 Å². The first-order valence-corrected chi connectivity index (χ1v) is 5.87. The second-order valence-electron chi connectivity index (χ2n) is 4.45. The number of aldehydes is 1. The number of carbonyl (C=O) groups is 1. The summed E-state index contributed by atoms with van der Waals surface area (Å²) < 4.78 is 0. The van der Waals surface area contributed by atoms with E-state index >= 15 is 0 Å². The van der Waals surface area contributed by atoms with Gasteiger partial charge in [-0.25, -0.2) is 0 Å². The molecule has 2 rings (SSSR count). The maximum Gasteiger partial charge on any atom is 0.150 e. The van der Waals surface area contributed by atoms with Crippen LogP contribution in [0.25, 0.3) is 11.1 Å². The fourth-order valence-electron chi connectivity index (χ4n) is 2.09. The quantitative estimate of drug-likeness (QED) is 0.711. The van der Waals surface area contributed by atoms with Crippen molar-refractivity contribution in [2.45, 2.75) is 19.8 Å². The molecular formula is C16H16O. The van der Waals surface area contributed by atoms with Crippen molar-refractivity contribution in [3.63, 3.8) is 0 Å². The highest BCUT2D eigenvalue weighted by Gasteiger charge is 2.10. The molecule has 0 bridgehead atoms. The summed E-state index contributed by atoms with van der Waals surface area (Å²) in [5, 5.41) is 0. The van der Waals surface area contributed by atoms with Gasteiger partial charge >= 0.3 is 0 Å². The summed E-state index contributed by atoms with van der Waals surface area (Å²) >= 11 is 0. The standard InChI is InChI=1S/C16H16O/c1-12(2)14-8-5-6-10-16(14)15-9-4-3-7-13(15)11-17/h3-12H,1-2H3. The second kappa shape index (κ2) is 4.96. The molecule has 0 unspecified atom stereocenters. The van der Waals surface area contributed by atoms with Crippen molar-refractivity contribution in [2.75, 3.05) is 0 Å². The Morgan fingerprint density at radius 1 is 0.882 bits per heavy atom. The van der Waals surface area contributed by atoms with Crippen LogP contribution >= 0.6 is 0 Å². The highest BCUT2D eigenvalue weighted by molar-refractivity contribution is 5.88. The van der Waals surface area contributed by atoms with Crippen molar-refractivity contribution in [3.05, 3.63) is 59.7 Å². The van der Waals surface area contributed by atoms with Crippen LogP contribution in [-0.4, -0.2) is 6.29 Å². The lowest BCUT2D eigenvalue weighted by molar-refractivity contribution is 0.112. The van der Waals surface area contributed by atoms with Crippen LogP contribution in [0.15, 0.2) is 48.5 Å². The largest absolute Gasteiger partial charge is 0.298 e. The molecule has 0 saturated heterocycles. The Bertz CT molecular complexity index is 527. The van der Waals surface area contributed by atoms with Gasteiger partial charge in [-0.05, 0) is 22.6 Å². The third kappa shape index (κ3) is 2.28. The van der Waals surface area contributed by atoms with Crippen molar-refractivity contribution in [1.29, 1.82) is 0 Å². The molecule has 2 aromatic rings. The molecule has 2 aromatic carbocycles. The second-order valence-corrected chi connectivity index (χ2v) is 4.45. The third-order valence-corrected chi connectivity index (χ3v) is 2.96. The van der Waals surface area contributed by atoms with E-state index in [9.17, 15) is 4.79 Å². The van der Waals surface area contributed by atoms with Gasteiger partial charge in [0.05, 0.1) is 0 Å². The van der Waals surface area contributed by atoms with E-state index in [-0.39, 0.29) is 0 Å². The molecule has 17 heavy (non-hydrogen) atoms. The number of hydrogen-bond acceptors (Lipinski definition) is 1. The van der Waals surface area contributed by atoms with Crippen LogP contribution in [0.1, 0.15) is 35.7 Å². The topological polar surface area (TPSA) is 17.1 Å². The van der Waals surface area contributed by atoms with E-state index in [1.165, 1.54) is 5.56 Å².